The molecule has 1 fully saturated rings. The van der Waals surface area contributed by atoms with Gasteiger partial charge in [-0.15, -0.1) is 0 Å². The Balaban J connectivity index is 1.98. The number of esters is 1. The largest absolute Gasteiger partial charge is 0.455 e. The van der Waals surface area contributed by atoms with E-state index in [-0.39, 0.29) is 18.2 Å². The highest BCUT2D eigenvalue weighted by molar-refractivity contribution is 9.10. The Labute approximate surface area is 126 Å². The summed E-state index contributed by atoms with van der Waals surface area (Å²) in [5.74, 6) is -1.98. The maximum Gasteiger partial charge on any atom is 0.416 e. The van der Waals surface area contributed by atoms with E-state index in [9.17, 15) is 22.8 Å². The maximum absolute atomic E-state index is 12.6. The van der Waals surface area contributed by atoms with Crippen molar-refractivity contribution in [3.05, 3.63) is 33.8 Å². The molecule has 0 atom stereocenters. The van der Waals surface area contributed by atoms with Crippen LogP contribution in [0.2, 0.25) is 0 Å². The molecule has 1 amide bonds. The first kappa shape index (κ1) is 15.8. The van der Waals surface area contributed by atoms with Gasteiger partial charge in [-0.2, -0.15) is 13.2 Å². The van der Waals surface area contributed by atoms with Gasteiger partial charge in [0.05, 0.1) is 5.56 Å². The van der Waals surface area contributed by atoms with E-state index in [0.717, 1.165) is 25.0 Å². The van der Waals surface area contributed by atoms with Crippen LogP contribution in [0.1, 0.15) is 24.0 Å². The summed E-state index contributed by atoms with van der Waals surface area (Å²) in [6.07, 6.45) is -3.20. The zero-order chi connectivity index (χ0) is 15.6. The average molecular weight is 366 g/mol. The second-order valence-corrected chi connectivity index (χ2v) is 5.45. The van der Waals surface area contributed by atoms with Gasteiger partial charge in [-0.25, -0.2) is 4.79 Å². The minimum absolute atomic E-state index is 0.205. The molecule has 0 unspecified atom stereocenters. The van der Waals surface area contributed by atoms with E-state index in [1.165, 1.54) is 6.07 Å². The van der Waals surface area contributed by atoms with Gasteiger partial charge in [-0.3, -0.25) is 4.79 Å². The molecule has 1 aromatic carbocycles. The van der Waals surface area contributed by atoms with E-state index < -0.39 is 23.6 Å². The molecular formula is C13H11BrF3NO3. The lowest BCUT2D eigenvalue weighted by molar-refractivity contribution is -0.155. The number of carbonyl (C=O) groups excluding carboxylic acids is 2. The molecule has 114 valence electrons. The molecule has 1 aromatic rings. The first-order chi connectivity index (χ1) is 9.77. The van der Waals surface area contributed by atoms with Crippen LogP contribution >= 0.6 is 15.9 Å². The summed E-state index contributed by atoms with van der Waals surface area (Å²) in [5.41, 5.74) is -0.604. The molecule has 21 heavy (non-hydrogen) atoms. The van der Waals surface area contributed by atoms with Gasteiger partial charge >= 0.3 is 18.1 Å². The molecule has 0 aromatic heterocycles. The van der Waals surface area contributed by atoms with Gasteiger partial charge in [0.1, 0.15) is 6.10 Å². The van der Waals surface area contributed by atoms with Crippen LogP contribution in [-0.2, 0) is 27.0 Å². The van der Waals surface area contributed by atoms with E-state index in [2.05, 4.69) is 21.2 Å². The van der Waals surface area contributed by atoms with Crippen molar-refractivity contribution < 1.29 is 27.5 Å². The molecule has 2 rings (SSSR count). The number of carbonyl (C=O) groups is 2. The van der Waals surface area contributed by atoms with E-state index in [1.807, 2.05) is 0 Å². The smallest absolute Gasteiger partial charge is 0.416 e. The maximum atomic E-state index is 12.6. The van der Waals surface area contributed by atoms with Crippen molar-refractivity contribution in [2.45, 2.75) is 31.7 Å². The SMILES string of the molecule is O=C(NCc1cc(C(F)(F)F)ccc1Br)C(=O)OC1CC1. The summed E-state index contributed by atoms with van der Waals surface area (Å²) < 4.78 is 43.0. The number of benzene rings is 1. The third kappa shape index (κ3) is 4.45. The van der Waals surface area contributed by atoms with Crippen molar-refractivity contribution in [1.82, 2.24) is 5.32 Å². The Kier molecular flexibility index (Phi) is 4.55. The lowest BCUT2D eigenvalue weighted by Gasteiger charge is -2.11. The Morgan fingerprint density at radius 3 is 2.57 bits per heavy atom. The minimum Gasteiger partial charge on any atom is -0.455 e. The molecule has 1 saturated carbocycles. The monoisotopic (exact) mass is 365 g/mol. The van der Waals surface area contributed by atoms with Crippen LogP contribution in [0.25, 0.3) is 0 Å². The number of alkyl halides is 3. The van der Waals surface area contributed by atoms with Gasteiger partial charge in [0.25, 0.3) is 0 Å². The molecule has 1 aliphatic rings. The van der Waals surface area contributed by atoms with Crippen LogP contribution in [0.5, 0.6) is 0 Å². The van der Waals surface area contributed by atoms with E-state index in [4.69, 9.17) is 4.74 Å². The average Bonchev–Trinajstić information content (AvgIpc) is 3.19. The van der Waals surface area contributed by atoms with Crippen LogP contribution < -0.4 is 5.32 Å². The van der Waals surface area contributed by atoms with Gasteiger partial charge in [0.15, 0.2) is 0 Å². The number of halogens is 4. The molecule has 0 spiro atoms. The molecule has 0 bridgehead atoms. The lowest BCUT2D eigenvalue weighted by Crippen LogP contribution is -2.32. The molecule has 0 saturated heterocycles. The van der Waals surface area contributed by atoms with E-state index >= 15 is 0 Å². The molecule has 1 aliphatic carbocycles. The topological polar surface area (TPSA) is 55.4 Å². The van der Waals surface area contributed by atoms with Crippen molar-refractivity contribution in [3.63, 3.8) is 0 Å². The fraction of sp³-hybridized carbons (Fsp3) is 0.385. The first-order valence-corrected chi connectivity index (χ1v) is 6.91. The Morgan fingerprint density at radius 1 is 1.33 bits per heavy atom. The fourth-order valence-electron chi connectivity index (χ4n) is 1.52. The normalized spacial score (nSPS) is 14.7. The van der Waals surface area contributed by atoms with Crippen LogP contribution in [0, 0.1) is 0 Å². The second-order valence-electron chi connectivity index (χ2n) is 4.59. The third-order valence-corrected chi connectivity index (χ3v) is 3.57. The summed E-state index contributed by atoms with van der Waals surface area (Å²) >= 11 is 3.10. The molecule has 1 N–H and O–H groups in total. The summed E-state index contributed by atoms with van der Waals surface area (Å²) in [7, 11) is 0. The Morgan fingerprint density at radius 2 is 2.00 bits per heavy atom. The summed E-state index contributed by atoms with van der Waals surface area (Å²) in [6.45, 7) is -0.205. The van der Waals surface area contributed by atoms with Crippen LogP contribution in [-0.4, -0.2) is 18.0 Å². The summed E-state index contributed by atoms with van der Waals surface area (Å²) in [6, 6.07) is 3.08. The lowest BCUT2D eigenvalue weighted by atomic mass is 10.1. The number of nitrogens with one attached hydrogen (secondary N) is 1. The first-order valence-electron chi connectivity index (χ1n) is 6.12. The zero-order valence-electron chi connectivity index (χ0n) is 10.7. The predicted molar refractivity (Wildman–Crippen MR) is 70.1 cm³/mol. The summed E-state index contributed by atoms with van der Waals surface area (Å²) in [5, 5.41) is 2.24. The highest BCUT2D eigenvalue weighted by Gasteiger charge is 2.31. The standard InChI is InChI=1S/C13H11BrF3NO3/c14-10-4-1-8(13(15,16)17)5-7(10)6-18-11(19)12(20)21-9-2-3-9/h1,4-5,9H,2-3,6H2,(H,18,19). The second kappa shape index (κ2) is 6.05. The highest BCUT2D eigenvalue weighted by atomic mass is 79.9. The van der Waals surface area contributed by atoms with Gasteiger partial charge < -0.3 is 10.1 Å². The zero-order valence-corrected chi connectivity index (χ0v) is 12.3. The van der Waals surface area contributed by atoms with Crippen molar-refractivity contribution in [1.29, 1.82) is 0 Å². The quantitative estimate of drug-likeness (QED) is 0.661. The van der Waals surface area contributed by atoms with Crippen molar-refractivity contribution in [2.24, 2.45) is 0 Å². The minimum atomic E-state index is -4.47. The van der Waals surface area contributed by atoms with Crippen molar-refractivity contribution in [3.8, 4) is 0 Å². The number of rotatable bonds is 3. The van der Waals surface area contributed by atoms with Crippen LogP contribution in [0.4, 0.5) is 13.2 Å². The highest BCUT2D eigenvalue weighted by Crippen LogP contribution is 2.31. The number of hydrogen-bond donors (Lipinski definition) is 1. The van der Waals surface area contributed by atoms with Gasteiger partial charge in [0, 0.05) is 11.0 Å². The van der Waals surface area contributed by atoms with Gasteiger partial charge in [-0.05, 0) is 36.6 Å². The van der Waals surface area contributed by atoms with Crippen molar-refractivity contribution in [2.75, 3.05) is 0 Å². The molecule has 8 heteroatoms. The Bertz CT molecular complexity index is 570. The third-order valence-electron chi connectivity index (χ3n) is 2.80. The fourth-order valence-corrected chi connectivity index (χ4v) is 1.91. The molecule has 0 heterocycles. The van der Waals surface area contributed by atoms with Gasteiger partial charge in [0.2, 0.25) is 0 Å². The van der Waals surface area contributed by atoms with E-state index in [0.29, 0.717) is 4.47 Å². The number of ether oxygens (including phenoxy) is 1. The van der Waals surface area contributed by atoms with Crippen LogP contribution in [0.3, 0.4) is 0 Å². The molecule has 0 aliphatic heterocycles. The summed E-state index contributed by atoms with van der Waals surface area (Å²) in [4.78, 5) is 22.7. The predicted octanol–water partition coefficient (Wildman–Crippen LogP) is 2.79. The number of amides is 1. The van der Waals surface area contributed by atoms with Crippen molar-refractivity contribution >= 4 is 27.8 Å². The number of hydrogen-bond acceptors (Lipinski definition) is 3. The molecular weight excluding hydrogens is 355 g/mol. The van der Waals surface area contributed by atoms with Crippen LogP contribution in [0.15, 0.2) is 22.7 Å². The molecule has 4 nitrogen and oxygen atoms in total. The molecule has 0 radical (unpaired) electrons. The van der Waals surface area contributed by atoms with E-state index in [1.54, 1.807) is 0 Å². The Hall–Kier alpha value is -1.57. The van der Waals surface area contributed by atoms with Gasteiger partial charge in [-0.1, -0.05) is 15.9 Å².